The number of esters is 1. The summed E-state index contributed by atoms with van der Waals surface area (Å²) in [6.07, 6.45) is -1.56. The number of nitrogen functional groups attached to an aromatic ring is 1. The molecule has 15 nitrogen and oxygen atoms in total. The molecule has 2 atom stereocenters. The lowest BCUT2D eigenvalue weighted by Crippen LogP contribution is -2.70. The highest BCUT2D eigenvalue weighted by Gasteiger charge is 2.54. The number of benzene rings is 1. The molecule has 0 saturated carbocycles. The number of anilines is 1. The molecule has 1 aromatic carbocycles. The van der Waals surface area contributed by atoms with Crippen molar-refractivity contribution in [1.29, 1.82) is 0 Å². The van der Waals surface area contributed by atoms with E-state index in [1.54, 1.807) is 38.3 Å². The van der Waals surface area contributed by atoms with E-state index in [-0.39, 0.29) is 34.6 Å². The number of nitrogens with two attached hydrogens (primary N) is 1. The van der Waals surface area contributed by atoms with Gasteiger partial charge in [0.25, 0.3) is 11.8 Å². The van der Waals surface area contributed by atoms with Crippen LogP contribution in [0.15, 0.2) is 50.6 Å². The molecule has 3 aromatic rings. The van der Waals surface area contributed by atoms with E-state index >= 15 is 0 Å². The van der Waals surface area contributed by atoms with E-state index in [9.17, 15) is 24.3 Å². The highest BCUT2D eigenvalue weighted by molar-refractivity contribution is 8.01. The zero-order valence-corrected chi connectivity index (χ0v) is 27.6. The Hall–Kier alpha value is -4.33. The van der Waals surface area contributed by atoms with Crippen molar-refractivity contribution in [2.24, 2.45) is 5.16 Å². The summed E-state index contributed by atoms with van der Waals surface area (Å²) in [4.78, 5) is 65.6. The summed E-state index contributed by atoms with van der Waals surface area (Å²) in [6.45, 7) is 1.79. The fourth-order valence-electron chi connectivity index (χ4n) is 4.33. The number of amides is 2. The monoisotopic (exact) mass is 706 g/mol. The van der Waals surface area contributed by atoms with Crippen LogP contribution >= 0.6 is 46.2 Å². The number of hydrogen-bond acceptors (Lipinski definition) is 16. The summed E-state index contributed by atoms with van der Waals surface area (Å²) in [6, 6.07) is 5.69. The summed E-state index contributed by atoms with van der Waals surface area (Å²) >= 11 is 5.09. The molecular weight excluding hydrogens is 681 g/mol. The van der Waals surface area contributed by atoms with Crippen molar-refractivity contribution in [1.82, 2.24) is 20.2 Å². The Morgan fingerprint density at radius 1 is 1.17 bits per heavy atom. The molecule has 0 bridgehead atoms. The van der Waals surface area contributed by atoms with Crippen LogP contribution in [0.5, 0.6) is 11.5 Å². The number of rotatable bonds is 12. The number of aryl methyl sites for hydroxylation is 1. The molecule has 19 heteroatoms. The topological polar surface area (TPSA) is 205 Å². The van der Waals surface area contributed by atoms with Gasteiger partial charge in [0.05, 0.1) is 19.2 Å². The second-order valence-corrected chi connectivity index (χ2v) is 13.7. The molecule has 0 radical (unpaired) electrons. The van der Waals surface area contributed by atoms with E-state index in [0.29, 0.717) is 32.9 Å². The first-order valence-electron chi connectivity index (χ1n) is 13.2. The number of thioether (sulfide) groups is 2. The van der Waals surface area contributed by atoms with Crippen LogP contribution in [0.2, 0.25) is 0 Å². The van der Waals surface area contributed by atoms with E-state index in [1.807, 2.05) is 0 Å². The quantitative estimate of drug-likeness (QED) is 0.0619. The summed E-state index contributed by atoms with van der Waals surface area (Å²) in [7, 11) is 2.81. The van der Waals surface area contributed by atoms with E-state index in [4.69, 9.17) is 24.8 Å². The number of methoxy groups -OCH3 is 1. The number of carboxylic acid groups (broad SMARTS) is 1. The van der Waals surface area contributed by atoms with Crippen molar-refractivity contribution in [3.63, 3.8) is 0 Å². The van der Waals surface area contributed by atoms with E-state index < -0.39 is 35.4 Å². The first-order chi connectivity index (χ1) is 22.1. The van der Waals surface area contributed by atoms with Crippen molar-refractivity contribution in [2.45, 2.75) is 29.1 Å². The predicted molar refractivity (Wildman–Crippen MR) is 171 cm³/mol. The summed E-state index contributed by atoms with van der Waals surface area (Å²) in [5.41, 5.74) is 6.92. The number of oxime groups is 1. The van der Waals surface area contributed by atoms with Crippen molar-refractivity contribution in [3.05, 3.63) is 57.4 Å². The number of β-lactam (4-membered cyclic amide) rings is 1. The summed E-state index contributed by atoms with van der Waals surface area (Å²) < 4.78 is 16.2. The molecular formula is C27H26N6O9S4. The van der Waals surface area contributed by atoms with Crippen molar-refractivity contribution in [2.75, 3.05) is 31.5 Å². The Morgan fingerprint density at radius 3 is 2.57 bits per heavy atom. The fourth-order valence-corrected chi connectivity index (χ4v) is 8.54. The average molecular weight is 707 g/mol. The van der Waals surface area contributed by atoms with E-state index in [0.717, 1.165) is 16.2 Å². The molecule has 4 N–H and O–H groups in total. The number of carbonyl (C=O) groups is 4. The highest BCUT2D eigenvalue weighted by atomic mass is 32.2. The number of fused-ring (bicyclic) bond motifs is 1. The molecule has 5 rings (SSSR count). The minimum absolute atomic E-state index is 0.0196. The number of carbonyl (C=O) groups excluding carboxylic acids is 3. The highest BCUT2D eigenvalue weighted by Crippen LogP contribution is 2.42. The van der Waals surface area contributed by atoms with Gasteiger partial charge in [0.2, 0.25) is 5.88 Å². The molecule has 4 heterocycles. The first kappa shape index (κ1) is 33.0. The van der Waals surface area contributed by atoms with Crippen LogP contribution < -0.4 is 20.5 Å². The van der Waals surface area contributed by atoms with Gasteiger partial charge >= 0.3 is 12.1 Å². The number of aromatic nitrogens is 2. The van der Waals surface area contributed by atoms with Crippen molar-refractivity contribution >= 4 is 81.0 Å². The second kappa shape index (κ2) is 14.4. The Morgan fingerprint density at radius 2 is 1.91 bits per heavy atom. The second-order valence-electron chi connectivity index (χ2n) is 9.43. The van der Waals surface area contributed by atoms with Crippen LogP contribution in [0, 0.1) is 6.92 Å². The van der Waals surface area contributed by atoms with Gasteiger partial charge in [0.1, 0.15) is 35.7 Å². The SMILES string of the molecule is CON=C(C(=O)N[C@@H]1C(=O)N2C(OC(=O)O)=C(CSc3nc(C)c(CC(=O)Oc4ccc(OC)cc4)s3)CS[C@@H]12)c1csc(N)n1. The van der Waals surface area contributed by atoms with E-state index in [1.165, 1.54) is 52.3 Å². The maximum absolute atomic E-state index is 13.2. The van der Waals surface area contributed by atoms with Crippen LogP contribution in [-0.2, 0) is 30.4 Å². The molecule has 2 amide bonds. The van der Waals surface area contributed by atoms with Crippen LogP contribution in [0.4, 0.5) is 9.93 Å². The van der Waals surface area contributed by atoms with Gasteiger partial charge in [-0.3, -0.25) is 19.3 Å². The molecule has 2 aliphatic heterocycles. The van der Waals surface area contributed by atoms with Crippen LogP contribution in [-0.4, -0.2) is 86.8 Å². The lowest BCUT2D eigenvalue weighted by Gasteiger charge is -2.49. The molecule has 0 spiro atoms. The van der Waals surface area contributed by atoms with Gasteiger partial charge < -0.3 is 35.2 Å². The average Bonchev–Trinajstić information content (AvgIpc) is 3.61. The zero-order chi connectivity index (χ0) is 33.0. The molecule has 0 unspecified atom stereocenters. The minimum Gasteiger partial charge on any atom is -0.497 e. The summed E-state index contributed by atoms with van der Waals surface area (Å²) in [5, 5.41) is 16.9. The molecule has 2 aliphatic rings. The first-order valence-corrected chi connectivity index (χ1v) is 17.0. The molecule has 2 aromatic heterocycles. The number of thiazole rings is 2. The molecule has 46 heavy (non-hydrogen) atoms. The van der Waals surface area contributed by atoms with Gasteiger partial charge in [-0.2, -0.15) is 0 Å². The third-order valence-corrected chi connectivity index (χ3v) is 10.9. The number of nitrogens with one attached hydrogen (secondary N) is 1. The smallest absolute Gasteiger partial charge is 0.497 e. The van der Waals surface area contributed by atoms with Gasteiger partial charge in [-0.25, -0.2) is 14.8 Å². The number of ether oxygens (including phenoxy) is 3. The van der Waals surface area contributed by atoms with Crippen molar-refractivity contribution in [3.8, 4) is 11.5 Å². The largest absolute Gasteiger partial charge is 0.512 e. The lowest BCUT2D eigenvalue weighted by atomic mass is 10.1. The molecule has 242 valence electrons. The zero-order valence-electron chi connectivity index (χ0n) is 24.4. The molecule has 0 aliphatic carbocycles. The Labute approximate surface area is 278 Å². The maximum atomic E-state index is 13.2. The minimum atomic E-state index is -1.58. The Kier molecular flexibility index (Phi) is 10.3. The van der Waals surface area contributed by atoms with Crippen LogP contribution in [0.1, 0.15) is 16.3 Å². The number of nitrogens with zero attached hydrogens (tertiary/aromatic N) is 4. The predicted octanol–water partition coefficient (Wildman–Crippen LogP) is 3.10. The Balaban J connectivity index is 1.23. The van der Waals surface area contributed by atoms with Crippen molar-refractivity contribution < 1.29 is 43.3 Å². The third-order valence-electron chi connectivity index (χ3n) is 6.46. The lowest BCUT2D eigenvalue weighted by molar-refractivity contribution is -0.148. The van der Waals surface area contributed by atoms with Gasteiger partial charge in [-0.05, 0) is 31.2 Å². The fraction of sp³-hybridized carbons (Fsp3) is 0.296. The summed E-state index contributed by atoms with van der Waals surface area (Å²) in [5.74, 6) is -0.189. The Bertz CT molecular complexity index is 1720. The van der Waals surface area contributed by atoms with Crippen LogP contribution in [0.3, 0.4) is 0 Å². The number of hydrogen-bond donors (Lipinski definition) is 3. The molecule has 1 fully saturated rings. The van der Waals surface area contributed by atoms with E-state index in [2.05, 4.69) is 20.4 Å². The standard InChI is InChI=1S/C27H26N6O9S4/c1-12-17(8-18(34)41-15-6-4-14(39-2)5-7-15)46-26(29-12)45-10-13-9-43-24-20(22(36)33(24)23(13)42-27(37)38)31-21(35)19(32-40-3)16-11-44-25(28)30-16/h4-7,11,20,24H,8-10H2,1-3H3,(H2,28,30)(H,31,35)(H,37,38)/t20-,24+/m1/s1. The van der Waals surface area contributed by atoms with Gasteiger partial charge in [-0.15, -0.1) is 34.4 Å². The van der Waals surface area contributed by atoms with Gasteiger partial charge in [-0.1, -0.05) is 16.9 Å². The third kappa shape index (κ3) is 7.38. The molecule has 1 saturated heterocycles. The van der Waals surface area contributed by atoms with Gasteiger partial charge in [0.15, 0.2) is 15.2 Å². The van der Waals surface area contributed by atoms with Crippen LogP contribution in [0.25, 0.3) is 0 Å². The maximum Gasteiger partial charge on any atom is 0.512 e. The van der Waals surface area contributed by atoms with Gasteiger partial charge in [0, 0.05) is 27.3 Å². The normalized spacial score (nSPS) is 17.6.